The highest BCUT2D eigenvalue weighted by Gasteiger charge is 2.15. The highest BCUT2D eigenvalue weighted by Crippen LogP contribution is 2.11. The van der Waals surface area contributed by atoms with E-state index in [1.807, 2.05) is 45.0 Å². The van der Waals surface area contributed by atoms with Gasteiger partial charge in [-0.15, -0.1) is 0 Å². The number of hydrogen-bond acceptors (Lipinski definition) is 3. The summed E-state index contributed by atoms with van der Waals surface area (Å²) in [6.45, 7) is 7.77. The maximum Gasteiger partial charge on any atom is 0.410 e. The number of nitrogens with zero attached hydrogens (tertiary/aromatic N) is 1. The standard InChI is InChI=1S/C15H24N2O2/c1-4-8-17(15(18)19-11-12(2)3)10-13-6-5-7-14(16)9-13/h5-7,9,12H,4,8,10-11,16H2,1-3H3. The van der Waals surface area contributed by atoms with Crippen molar-refractivity contribution in [3.63, 3.8) is 0 Å². The first-order valence-corrected chi connectivity index (χ1v) is 6.79. The van der Waals surface area contributed by atoms with E-state index in [0.717, 1.165) is 12.0 Å². The van der Waals surface area contributed by atoms with Gasteiger partial charge in [-0.2, -0.15) is 0 Å². The van der Waals surface area contributed by atoms with Crippen molar-refractivity contribution in [1.29, 1.82) is 0 Å². The first kappa shape index (κ1) is 15.3. The van der Waals surface area contributed by atoms with Crippen molar-refractivity contribution in [1.82, 2.24) is 4.90 Å². The molecule has 4 nitrogen and oxygen atoms in total. The number of amides is 1. The molecule has 0 bridgehead atoms. The number of rotatable bonds is 6. The van der Waals surface area contributed by atoms with Crippen molar-refractivity contribution < 1.29 is 9.53 Å². The quantitative estimate of drug-likeness (QED) is 0.802. The molecule has 19 heavy (non-hydrogen) atoms. The number of nitrogens with two attached hydrogens (primary N) is 1. The summed E-state index contributed by atoms with van der Waals surface area (Å²) in [4.78, 5) is 13.7. The summed E-state index contributed by atoms with van der Waals surface area (Å²) in [5.41, 5.74) is 7.48. The minimum Gasteiger partial charge on any atom is -0.449 e. The molecule has 106 valence electrons. The molecule has 1 aromatic carbocycles. The molecule has 0 atom stereocenters. The fourth-order valence-electron chi connectivity index (χ4n) is 1.75. The molecule has 0 aliphatic rings. The number of anilines is 1. The van der Waals surface area contributed by atoms with Crippen molar-refractivity contribution in [2.24, 2.45) is 5.92 Å². The van der Waals surface area contributed by atoms with Crippen molar-refractivity contribution in [2.75, 3.05) is 18.9 Å². The molecule has 0 aliphatic carbocycles. The summed E-state index contributed by atoms with van der Waals surface area (Å²) in [5.74, 6) is 0.347. The second-order valence-corrected chi connectivity index (χ2v) is 5.14. The Morgan fingerprint density at radius 2 is 2.16 bits per heavy atom. The number of carbonyl (C=O) groups excluding carboxylic acids is 1. The molecule has 1 amide bonds. The van der Waals surface area contributed by atoms with Crippen LogP contribution in [-0.2, 0) is 11.3 Å². The van der Waals surface area contributed by atoms with Gasteiger partial charge in [0.1, 0.15) is 0 Å². The summed E-state index contributed by atoms with van der Waals surface area (Å²) in [7, 11) is 0. The number of nitrogen functional groups attached to an aromatic ring is 1. The highest BCUT2D eigenvalue weighted by atomic mass is 16.6. The summed E-state index contributed by atoms with van der Waals surface area (Å²) in [6, 6.07) is 7.59. The van der Waals surface area contributed by atoms with Crippen LogP contribution in [0.2, 0.25) is 0 Å². The maximum atomic E-state index is 12.0. The molecule has 0 unspecified atom stereocenters. The van der Waals surface area contributed by atoms with Crippen LogP contribution < -0.4 is 5.73 Å². The third kappa shape index (κ3) is 5.64. The van der Waals surface area contributed by atoms with E-state index in [1.165, 1.54) is 0 Å². The maximum absolute atomic E-state index is 12.0. The van der Waals surface area contributed by atoms with Gasteiger partial charge >= 0.3 is 6.09 Å². The second kappa shape index (κ2) is 7.67. The highest BCUT2D eigenvalue weighted by molar-refractivity contribution is 5.67. The van der Waals surface area contributed by atoms with E-state index in [9.17, 15) is 4.79 Å². The number of hydrogen-bond donors (Lipinski definition) is 1. The van der Waals surface area contributed by atoms with Gasteiger partial charge in [0.05, 0.1) is 6.61 Å². The lowest BCUT2D eigenvalue weighted by molar-refractivity contribution is 0.0896. The van der Waals surface area contributed by atoms with E-state index in [1.54, 1.807) is 4.90 Å². The van der Waals surface area contributed by atoms with Crippen molar-refractivity contribution in [3.8, 4) is 0 Å². The van der Waals surface area contributed by atoms with E-state index >= 15 is 0 Å². The van der Waals surface area contributed by atoms with Crippen LogP contribution in [0.5, 0.6) is 0 Å². The zero-order chi connectivity index (χ0) is 14.3. The van der Waals surface area contributed by atoms with Crippen molar-refractivity contribution in [2.45, 2.75) is 33.7 Å². The average molecular weight is 264 g/mol. The molecular formula is C15H24N2O2. The molecule has 0 heterocycles. The van der Waals surface area contributed by atoms with Crippen LogP contribution in [0.1, 0.15) is 32.8 Å². The Morgan fingerprint density at radius 1 is 1.42 bits per heavy atom. The number of ether oxygens (including phenoxy) is 1. The van der Waals surface area contributed by atoms with Gasteiger partial charge in [-0.1, -0.05) is 32.9 Å². The number of carbonyl (C=O) groups is 1. The van der Waals surface area contributed by atoms with Gasteiger partial charge < -0.3 is 15.4 Å². The predicted molar refractivity (Wildman–Crippen MR) is 77.7 cm³/mol. The molecular weight excluding hydrogens is 240 g/mol. The van der Waals surface area contributed by atoms with Crippen LogP contribution in [0.15, 0.2) is 24.3 Å². The predicted octanol–water partition coefficient (Wildman–Crippen LogP) is 3.27. The van der Waals surface area contributed by atoms with E-state index in [2.05, 4.69) is 0 Å². The van der Waals surface area contributed by atoms with Gasteiger partial charge in [0.25, 0.3) is 0 Å². The summed E-state index contributed by atoms with van der Waals surface area (Å²) in [6.07, 6.45) is 0.650. The fraction of sp³-hybridized carbons (Fsp3) is 0.533. The molecule has 0 aliphatic heterocycles. The zero-order valence-corrected chi connectivity index (χ0v) is 12.1. The lowest BCUT2D eigenvalue weighted by Crippen LogP contribution is -2.32. The first-order chi connectivity index (χ1) is 9.02. The van der Waals surface area contributed by atoms with E-state index in [-0.39, 0.29) is 6.09 Å². The molecule has 0 aromatic heterocycles. The number of benzene rings is 1. The van der Waals surface area contributed by atoms with E-state index in [4.69, 9.17) is 10.5 Å². The Hall–Kier alpha value is -1.71. The minimum absolute atomic E-state index is 0.252. The van der Waals surface area contributed by atoms with Gasteiger partial charge in [0.15, 0.2) is 0 Å². The Bertz CT molecular complexity index is 405. The summed E-state index contributed by atoms with van der Waals surface area (Å²) in [5, 5.41) is 0. The van der Waals surface area contributed by atoms with Crippen LogP contribution in [0.3, 0.4) is 0 Å². The van der Waals surface area contributed by atoms with Gasteiger partial charge in [-0.25, -0.2) is 4.79 Å². The topological polar surface area (TPSA) is 55.6 Å². The monoisotopic (exact) mass is 264 g/mol. The Balaban J connectivity index is 2.64. The normalized spacial score (nSPS) is 10.5. The van der Waals surface area contributed by atoms with Crippen molar-refractivity contribution in [3.05, 3.63) is 29.8 Å². The Labute approximate surface area is 115 Å². The van der Waals surface area contributed by atoms with E-state index < -0.39 is 0 Å². The lowest BCUT2D eigenvalue weighted by Gasteiger charge is -2.22. The van der Waals surface area contributed by atoms with Gasteiger partial charge in [-0.3, -0.25) is 0 Å². The molecule has 0 saturated heterocycles. The zero-order valence-electron chi connectivity index (χ0n) is 12.1. The van der Waals surface area contributed by atoms with Crippen LogP contribution >= 0.6 is 0 Å². The lowest BCUT2D eigenvalue weighted by atomic mass is 10.2. The minimum atomic E-state index is -0.252. The Kier molecular flexibility index (Phi) is 6.19. The summed E-state index contributed by atoms with van der Waals surface area (Å²) < 4.78 is 5.28. The third-order valence-corrected chi connectivity index (χ3v) is 2.62. The molecule has 1 aromatic rings. The van der Waals surface area contributed by atoms with Crippen LogP contribution in [-0.4, -0.2) is 24.1 Å². The molecule has 0 radical (unpaired) electrons. The van der Waals surface area contributed by atoms with Crippen LogP contribution in [0.4, 0.5) is 10.5 Å². The fourth-order valence-corrected chi connectivity index (χ4v) is 1.75. The Morgan fingerprint density at radius 3 is 2.74 bits per heavy atom. The molecule has 1 rings (SSSR count). The van der Waals surface area contributed by atoms with Crippen molar-refractivity contribution >= 4 is 11.8 Å². The SMILES string of the molecule is CCCN(Cc1cccc(N)c1)C(=O)OCC(C)C. The molecule has 4 heteroatoms. The molecule has 2 N–H and O–H groups in total. The van der Waals surface area contributed by atoms with Gasteiger partial charge in [0.2, 0.25) is 0 Å². The molecule has 0 spiro atoms. The van der Waals surface area contributed by atoms with Gasteiger partial charge in [0, 0.05) is 18.8 Å². The van der Waals surface area contributed by atoms with Gasteiger partial charge in [-0.05, 0) is 30.0 Å². The van der Waals surface area contributed by atoms with Crippen LogP contribution in [0.25, 0.3) is 0 Å². The first-order valence-electron chi connectivity index (χ1n) is 6.79. The largest absolute Gasteiger partial charge is 0.449 e. The second-order valence-electron chi connectivity index (χ2n) is 5.14. The van der Waals surface area contributed by atoms with Crippen LogP contribution in [0, 0.1) is 5.92 Å². The average Bonchev–Trinajstić information content (AvgIpc) is 2.35. The third-order valence-electron chi connectivity index (χ3n) is 2.62. The molecule has 0 saturated carbocycles. The summed E-state index contributed by atoms with van der Waals surface area (Å²) >= 11 is 0. The molecule has 0 fully saturated rings. The smallest absolute Gasteiger partial charge is 0.410 e. The van der Waals surface area contributed by atoms with E-state index in [0.29, 0.717) is 31.3 Å².